The monoisotopic (exact) mass is 350 g/mol. The number of aryl methyl sites for hydroxylation is 1. The smallest absolute Gasteiger partial charge is 0.127 e. The normalized spacial score (nSPS) is 17.5. The van der Waals surface area contributed by atoms with Gasteiger partial charge in [0.15, 0.2) is 0 Å². The number of methoxy groups -OCH3 is 1. The van der Waals surface area contributed by atoms with Gasteiger partial charge in [0.05, 0.1) is 13.2 Å². The van der Waals surface area contributed by atoms with Crippen LogP contribution in [0, 0.1) is 5.82 Å². The first-order valence-corrected chi connectivity index (χ1v) is 9.03. The fourth-order valence-electron chi connectivity index (χ4n) is 3.85. The van der Waals surface area contributed by atoms with Crippen molar-refractivity contribution in [2.75, 3.05) is 13.7 Å². The molecule has 0 saturated carbocycles. The fourth-order valence-corrected chi connectivity index (χ4v) is 3.85. The second kappa shape index (κ2) is 7.34. The molecule has 26 heavy (non-hydrogen) atoms. The molecular weight excluding hydrogens is 327 g/mol. The number of fused-ring (bicyclic) bond motifs is 1. The van der Waals surface area contributed by atoms with Crippen LogP contribution in [-0.4, -0.2) is 23.1 Å². The standard InChI is InChI=1S/C22H23FN2O/c1-26-19-9-4-8-17(15-19)22-21-11-5-12-24(21)13-6-14-25(22)16-18-7-2-3-10-20(18)23/h2-5,7-12,15,22H,6,13-14,16H2,1H3/t22-/m1/s1. The molecule has 0 aliphatic carbocycles. The molecule has 0 fully saturated rings. The number of hydrogen-bond donors (Lipinski definition) is 0. The Hall–Kier alpha value is -2.59. The Bertz CT molecular complexity index is 889. The first-order valence-electron chi connectivity index (χ1n) is 9.03. The lowest BCUT2D eigenvalue weighted by Gasteiger charge is -2.31. The zero-order valence-electron chi connectivity index (χ0n) is 14.9. The minimum Gasteiger partial charge on any atom is -0.497 e. The third-order valence-corrected chi connectivity index (χ3v) is 5.10. The van der Waals surface area contributed by atoms with E-state index in [9.17, 15) is 4.39 Å². The van der Waals surface area contributed by atoms with Crippen molar-refractivity contribution >= 4 is 0 Å². The molecule has 1 aliphatic heterocycles. The van der Waals surface area contributed by atoms with E-state index in [1.807, 2.05) is 24.3 Å². The Kier molecular flexibility index (Phi) is 4.76. The maximum atomic E-state index is 14.3. The molecule has 2 aromatic carbocycles. The highest BCUT2D eigenvalue weighted by molar-refractivity contribution is 5.36. The average molecular weight is 350 g/mol. The first-order chi connectivity index (χ1) is 12.8. The van der Waals surface area contributed by atoms with Gasteiger partial charge in [-0.15, -0.1) is 0 Å². The predicted octanol–water partition coefficient (Wildman–Crippen LogP) is 4.63. The van der Waals surface area contributed by atoms with Crippen molar-refractivity contribution < 1.29 is 9.13 Å². The summed E-state index contributed by atoms with van der Waals surface area (Å²) < 4.78 is 22.0. The van der Waals surface area contributed by atoms with Crippen LogP contribution in [0.4, 0.5) is 4.39 Å². The largest absolute Gasteiger partial charge is 0.497 e. The first kappa shape index (κ1) is 16.9. The van der Waals surface area contributed by atoms with Gasteiger partial charge in [-0.05, 0) is 42.3 Å². The highest BCUT2D eigenvalue weighted by atomic mass is 19.1. The zero-order chi connectivity index (χ0) is 17.9. The minimum absolute atomic E-state index is 0.0715. The molecule has 0 radical (unpaired) electrons. The van der Waals surface area contributed by atoms with Gasteiger partial charge in [0.1, 0.15) is 11.6 Å². The summed E-state index contributed by atoms with van der Waals surface area (Å²) in [4.78, 5) is 2.37. The molecule has 1 atom stereocenters. The second-order valence-electron chi connectivity index (χ2n) is 6.72. The van der Waals surface area contributed by atoms with Crippen molar-refractivity contribution in [3.05, 3.63) is 89.5 Å². The van der Waals surface area contributed by atoms with Gasteiger partial charge in [0, 0.05) is 37.1 Å². The van der Waals surface area contributed by atoms with Crippen molar-refractivity contribution in [1.29, 1.82) is 0 Å². The van der Waals surface area contributed by atoms with E-state index in [4.69, 9.17) is 4.74 Å². The van der Waals surface area contributed by atoms with Crippen molar-refractivity contribution in [3.8, 4) is 5.75 Å². The van der Waals surface area contributed by atoms with Gasteiger partial charge in [-0.25, -0.2) is 4.39 Å². The van der Waals surface area contributed by atoms with Crippen molar-refractivity contribution in [3.63, 3.8) is 0 Å². The molecule has 2 heterocycles. The zero-order valence-corrected chi connectivity index (χ0v) is 14.9. The summed E-state index contributed by atoms with van der Waals surface area (Å²) in [6, 6.07) is 19.6. The molecule has 1 aromatic heterocycles. The molecule has 0 spiro atoms. The molecule has 134 valence electrons. The molecular formula is C22H23FN2O. The Morgan fingerprint density at radius 2 is 1.92 bits per heavy atom. The summed E-state index contributed by atoms with van der Waals surface area (Å²) >= 11 is 0. The lowest BCUT2D eigenvalue weighted by molar-refractivity contribution is 0.217. The highest BCUT2D eigenvalue weighted by Gasteiger charge is 2.28. The van der Waals surface area contributed by atoms with Crippen LogP contribution >= 0.6 is 0 Å². The van der Waals surface area contributed by atoms with Gasteiger partial charge in [0.2, 0.25) is 0 Å². The van der Waals surface area contributed by atoms with Crippen molar-refractivity contribution in [1.82, 2.24) is 9.47 Å². The number of hydrogen-bond acceptors (Lipinski definition) is 2. The molecule has 0 amide bonds. The highest BCUT2D eigenvalue weighted by Crippen LogP contribution is 2.34. The van der Waals surface area contributed by atoms with Crippen LogP contribution in [0.3, 0.4) is 0 Å². The summed E-state index contributed by atoms with van der Waals surface area (Å²) in [5, 5.41) is 0. The van der Waals surface area contributed by atoms with E-state index in [-0.39, 0.29) is 11.9 Å². The molecule has 0 saturated heterocycles. The second-order valence-corrected chi connectivity index (χ2v) is 6.72. The minimum atomic E-state index is -0.142. The summed E-state index contributed by atoms with van der Waals surface area (Å²) in [6.45, 7) is 2.48. The summed E-state index contributed by atoms with van der Waals surface area (Å²) in [6.07, 6.45) is 3.17. The van der Waals surface area contributed by atoms with E-state index < -0.39 is 0 Å². The third kappa shape index (κ3) is 3.25. The summed E-state index contributed by atoms with van der Waals surface area (Å²) in [7, 11) is 1.69. The van der Waals surface area contributed by atoms with Crippen LogP contribution in [0.1, 0.15) is 29.3 Å². The molecule has 3 nitrogen and oxygen atoms in total. The summed E-state index contributed by atoms with van der Waals surface area (Å²) in [5.41, 5.74) is 3.15. The fraction of sp³-hybridized carbons (Fsp3) is 0.273. The Balaban J connectivity index is 1.76. The van der Waals surface area contributed by atoms with Gasteiger partial charge in [-0.1, -0.05) is 30.3 Å². The predicted molar refractivity (Wildman–Crippen MR) is 101 cm³/mol. The third-order valence-electron chi connectivity index (χ3n) is 5.10. The molecule has 1 aliphatic rings. The van der Waals surface area contributed by atoms with Crippen LogP contribution in [0.25, 0.3) is 0 Å². The number of aromatic nitrogens is 1. The van der Waals surface area contributed by atoms with Gasteiger partial charge < -0.3 is 9.30 Å². The van der Waals surface area contributed by atoms with E-state index in [2.05, 4.69) is 39.9 Å². The van der Waals surface area contributed by atoms with Crippen molar-refractivity contribution in [2.24, 2.45) is 0 Å². The van der Waals surface area contributed by atoms with Gasteiger partial charge in [-0.3, -0.25) is 4.90 Å². The average Bonchev–Trinajstić information content (AvgIpc) is 3.05. The molecule has 0 unspecified atom stereocenters. The lowest BCUT2D eigenvalue weighted by atomic mass is 10.0. The number of benzene rings is 2. The summed E-state index contributed by atoms with van der Waals surface area (Å²) in [5.74, 6) is 0.701. The number of nitrogens with zero attached hydrogens (tertiary/aromatic N) is 2. The number of ether oxygens (including phenoxy) is 1. The van der Waals surface area contributed by atoms with Crippen LogP contribution in [0.15, 0.2) is 66.9 Å². The van der Waals surface area contributed by atoms with Crippen LogP contribution in [0.5, 0.6) is 5.75 Å². The van der Waals surface area contributed by atoms with Crippen molar-refractivity contribution in [2.45, 2.75) is 25.6 Å². The molecule has 3 aromatic rings. The Labute approximate surface area is 153 Å². The van der Waals surface area contributed by atoms with Gasteiger partial charge in [0.25, 0.3) is 0 Å². The molecule has 0 bridgehead atoms. The maximum Gasteiger partial charge on any atom is 0.127 e. The van der Waals surface area contributed by atoms with Gasteiger partial charge in [-0.2, -0.15) is 0 Å². The maximum absolute atomic E-state index is 14.3. The van der Waals surface area contributed by atoms with Crippen LogP contribution < -0.4 is 4.74 Å². The molecule has 0 N–H and O–H groups in total. The lowest BCUT2D eigenvalue weighted by Crippen LogP contribution is -2.29. The molecule has 4 heteroatoms. The Morgan fingerprint density at radius 3 is 2.77 bits per heavy atom. The van der Waals surface area contributed by atoms with E-state index in [0.29, 0.717) is 6.54 Å². The van der Waals surface area contributed by atoms with E-state index in [1.165, 1.54) is 17.3 Å². The van der Waals surface area contributed by atoms with E-state index in [1.54, 1.807) is 13.2 Å². The van der Waals surface area contributed by atoms with Crippen LogP contribution in [0.2, 0.25) is 0 Å². The van der Waals surface area contributed by atoms with E-state index in [0.717, 1.165) is 30.8 Å². The quantitative estimate of drug-likeness (QED) is 0.682. The molecule has 4 rings (SSSR count). The topological polar surface area (TPSA) is 17.4 Å². The van der Waals surface area contributed by atoms with Crippen LogP contribution in [-0.2, 0) is 13.1 Å². The van der Waals surface area contributed by atoms with Gasteiger partial charge >= 0.3 is 0 Å². The number of halogens is 1. The number of rotatable bonds is 4. The van der Waals surface area contributed by atoms with E-state index >= 15 is 0 Å². The Morgan fingerprint density at radius 1 is 1.04 bits per heavy atom. The SMILES string of the molecule is COc1cccc([C@@H]2c3cccn3CCCN2Cc2ccccc2F)c1.